The van der Waals surface area contributed by atoms with Gasteiger partial charge in [-0.25, -0.2) is 0 Å². The van der Waals surface area contributed by atoms with Crippen LogP contribution in [0.5, 0.6) is 0 Å². The molecule has 5 heteroatoms. The van der Waals surface area contributed by atoms with Crippen LogP contribution >= 0.6 is 0 Å². The van der Waals surface area contributed by atoms with Gasteiger partial charge in [0.05, 0.1) is 5.60 Å². The number of amides is 2. The summed E-state index contributed by atoms with van der Waals surface area (Å²) in [6.07, 6.45) is 3.58. The molecule has 0 aliphatic heterocycles. The van der Waals surface area contributed by atoms with Gasteiger partial charge in [-0.1, -0.05) is 19.8 Å². The topological polar surface area (TPSA) is 78.4 Å². The first kappa shape index (κ1) is 15.0. The van der Waals surface area contributed by atoms with Crippen molar-refractivity contribution in [3.05, 3.63) is 0 Å². The standard InChI is InChI=1S/C13H24N2O3/c1-9-5-4-6-13(18,7-9)8-14-12(17)10(2)15-11(3)16/h9-10,18H,4-8H2,1-3H3,(H,14,17)(H,15,16). The summed E-state index contributed by atoms with van der Waals surface area (Å²) in [5.41, 5.74) is -0.788. The number of carbonyl (C=O) groups is 2. The Labute approximate surface area is 108 Å². The van der Waals surface area contributed by atoms with E-state index in [0.717, 1.165) is 25.7 Å². The van der Waals surface area contributed by atoms with Crippen LogP contribution < -0.4 is 10.6 Å². The van der Waals surface area contributed by atoms with Crippen LogP contribution in [-0.4, -0.2) is 35.1 Å². The van der Waals surface area contributed by atoms with Crippen molar-refractivity contribution >= 4 is 11.8 Å². The first-order valence-corrected chi connectivity index (χ1v) is 6.59. The van der Waals surface area contributed by atoms with Crippen LogP contribution in [0.3, 0.4) is 0 Å². The van der Waals surface area contributed by atoms with Gasteiger partial charge in [-0.2, -0.15) is 0 Å². The number of hydrogen-bond acceptors (Lipinski definition) is 3. The molecule has 0 saturated heterocycles. The third-order valence-corrected chi connectivity index (χ3v) is 3.47. The van der Waals surface area contributed by atoms with Crippen LogP contribution in [-0.2, 0) is 9.59 Å². The van der Waals surface area contributed by atoms with E-state index in [9.17, 15) is 14.7 Å². The van der Waals surface area contributed by atoms with E-state index in [1.165, 1.54) is 6.92 Å². The van der Waals surface area contributed by atoms with E-state index in [1.54, 1.807) is 6.92 Å². The minimum Gasteiger partial charge on any atom is -0.388 e. The highest BCUT2D eigenvalue weighted by Crippen LogP contribution is 2.31. The zero-order valence-electron chi connectivity index (χ0n) is 11.5. The molecule has 0 aromatic heterocycles. The Balaban J connectivity index is 2.39. The zero-order chi connectivity index (χ0) is 13.8. The fourth-order valence-electron chi connectivity index (χ4n) is 2.57. The van der Waals surface area contributed by atoms with E-state index < -0.39 is 11.6 Å². The molecule has 0 heterocycles. The molecule has 3 N–H and O–H groups in total. The van der Waals surface area contributed by atoms with E-state index in [2.05, 4.69) is 17.6 Å². The smallest absolute Gasteiger partial charge is 0.242 e. The second kappa shape index (κ2) is 6.18. The molecular formula is C13H24N2O3. The Morgan fingerprint density at radius 1 is 1.50 bits per heavy atom. The highest BCUT2D eigenvalue weighted by Gasteiger charge is 2.33. The minimum absolute atomic E-state index is 0.234. The highest BCUT2D eigenvalue weighted by molar-refractivity contribution is 5.86. The van der Waals surface area contributed by atoms with Gasteiger partial charge in [0, 0.05) is 13.5 Å². The molecular weight excluding hydrogens is 232 g/mol. The monoisotopic (exact) mass is 256 g/mol. The summed E-state index contributed by atoms with van der Waals surface area (Å²) in [5, 5.41) is 15.6. The molecule has 104 valence electrons. The number of nitrogens with one attached hydrogen (secondary N) is 2. The Bertz CT molecular complexity index is 319. The quantitative estimate of drug-likeness (QED) is 0.688. The lowest BCUT2D eigenvalue weighted by Crippen LogP contribution is -2.50. The molecule has 1 fully saturated rings. The Morgan fingerprint density at radius 3 is 2.72 bits per heavy atom. The van der Waals surface area contributed by atoms with Gasteiger partial charge in [-0.05, 0) is 25.7 Å². The minimum atomic E-state index is -0.788. The van der Waals surface area contributed by atoms with Gasteiger partial charge in [-0.3, -0.25) is 9.59 Å². The number of aliphatic hydroxyl groups is 1. The lowest BCUT2D eigenvalue weighted by Gasteiger charge is -2.35. The van der Waals surface area contributed by atoms with E-state index in [0.29, 0.717) is 5.92 Å². The van der Waals surface area contributed by atoms with Crippen LogP contribution in [0.1, 0.15) is 46.5 Å². The third kappa shape index (κ3) is 4.64. The molecule has 0 spiro atoms. The second-order valence-electron chi connectivity index (χ2n) is 5.57. The maximum atomic E-state index is 11.7. The predicted octanol–water partition coefficient (Wildman–Crippen LogP) is 0.568. The summed E-state index contributed by atoms with van der Waals surface area (Å²) in [6, 6.07) is -0.563. The summed E-state index contributed by atoms with van der Waals surface area (Å²) in [6.45, 7) is 5.39. The maximum Gasteiger partial charge on any atom is 0.242 e. The van der Waals surface area contributed by atoms with Crippen LogP contribution in [0.4, 0.5) is 0 Å². The average Bonchev–Trinajstić information content (AvgIpc) is 2.24. The Kier molecular flexibility index (Phi) is 5.14. The summed E-state index contributed by atoms with van der Waals surface area (Å²) in [5.74, 6) is 0.00734. The Hall–Kier alpha value is -1.10. The molecule has 0 aromatic carbocycles. The van der Waals surface area contributed by atoms with Crippen molar-refractivity contribution in [2.75, 3.05) is 6.54 Å². The van der Waals surface area contributed by atoms with E-state index >= 15 is 0 Å². The number of hydrogen-bond donors (Lipinski definition) is 3. The van der Waals surface area contributed by atoms with Gasteiger partial charge in [-0.15, -0.1) is 0 Å². The molecule has 1 rings (SSSR count). The van der Waals surface area contributed by atoms with Gasteiger partial charge in [0.25, 0.3) is 0 Å². The van der Waals surface area contributed by atoms with Crippen molar-refractivity contribution < 1.29 is 14.7 Å². The number of carbonyl (C=O) groups excluding carboxylic acids is 2. The van der Waals surface area contributed by atoms with E-state index in [1.807, 2.05) is 0 Å². The molecule has 18 heavy (non-hydrogen) atoms. The van der Waals surface area contributed by atoms with Crippen LogP contribution in [0.15, 0.2) is 0 Å². The van der Waals surface area contributed by atoms with Crippen molar-refractivity contribution in [3.63, 3.8) is 0 Å². The first-order valence-electron chi connectivity index (χ1n) is 6.59. The largest absolute Gasteiger partial charge is 0.388 e. The highest BCUT2D eigenvalue weighted by atomic mass is 16.3. The molecule has 2 amide bonds. The molecule has 0 radical (unpaired) electrons. The predicted molar refractivity (Wildman–Crippen MR) is 68.9 cm³/mol. The van der Waals surface area contributed by atoms with Crippen LogP contribution in [0, 0.1) is 5.92 Å². The summed E-state index contributed by atoms with van der Waals surface area (Å²) in [7, 11) is 0. The van der Waals surface area contributed by atoms with E-state index in [-0.39, 0.29) is 18.4 Å². The fourth-order valence-corrected chi connectivity index (χ4v) is 2.57. The van der Waals surface area contributed by atoms with Gasteiger partial charge in [0.15, 0.2) is 0 Å². The van der Waals surface area contributed by atoms with Crippen LogP contribution in [0.25, 0.3) is 0 Å². The van der Waals surface area contributed by atoms with E-state index in [4.69, 9.17) is 0 Å². The third-order valence-electron chi connectivity index (χ3n) is 3.47. The van der Waals surface area contributed by atoms with Gasteiger partial charge in [0.2, 0.25) is 11.8 Å². The molecule has 1 aliphatic rings. The second-order valence-corrected chi connectivity index (χ2v) is 5.57. The molecule has 0 aromatic rings. The van der Waals surface area contributed by atoms with Crippen molar-refractivity contribution in [1.82, 2.24) is 10.6 Å². The summed E-state index contributed by atoms with van der Waals surface area (Å²) >= 11 is 0. The van der Waals surface area contributed by atoms with Crippen molar-refractivity contribution in [2.45, 2.75) is 58.1 Å². The average molecular weight is 256 g/mol. The first-order chi connectivity index (χ1) is 8.32. The van der Waals surface area contributed by atoms with Gasteiger partial charge >= 0.3 is 0 Å². The molecule has 3 atom stereocenters. The summed E-state index contributed by atoms with van der Waals surface area (Å²) < 4.78 is 0. The molecule has 0 bridgehead atoms. The van der Waals surface area contributed by atoms with Crippen LogP contribution in [0.2, 0.25) is 0 Å². The molecule has 3 unspecified atom stereocenters. The normalized spacial score (nSPS) is 29.4. The summed E-state index contributed by atoms with van der Waals surface area (Å²) in [4.78, 5) is 22.5. The lowest BCUT2D eigenvalue weighted by atomic mass is 9.79. The maximum absolute atomic E-state index is 11.7. The zero-order valence-corrected chi connectivity index (χ0v) is 11.5. The molecule has 1 saturated carbocycles. The SMILES string of the molecule is CC(=O)NC(C)C(=O)NCC1(O)CCCC(C)C1. The van der Waals surface area contributed by atoms with Crippen molar-refractivity contribution in [1.29, 1.82) is 0 Å². The number of rotatable bonds is 4. The molecule has 5 nitrogen and oxygen atoms in total. The molecule has 1 aliphatic carbocycles. The van der Waals surface area contributed by atoms with Gasteiger partial charge in [0.1, 0.15) is 6.04 Å². The van der Waals surface area contributed by atoms with Gasteiger partial charge < -0.3 is 15.7 Å². The van der Waals surface area contributed by atoms with Crippen molar-refractivity contribution in [3.8, 4) is 0 Å². The Morgan fingerprint density at radius 2 is 2.17 bits per heavy atom. The lowest BCUT2D eigenvalue weighted by molar-refractivity contribution is -0.128. The fraction of sp³-hybridized carbons (Fsp3) is 0.846. The van der Waals surface area contributed by atoms with Crippen molar-refractivity contribution in [2.24, 2.45) is 5.92 Å².